The highest BCUT2D eigenvalue weighted by atomic mass is 16.5. The van der Waals surface area contributed by atoms with E-state index in [1.807, 2.05) is 0 Å². The van der Waals surface area contributed by atoms with Crippen molar-refractivity contribution < 1.29 is 14.9 Å². The summed E-state index contributed by atoms with van der Waals surface area (Å²) in [4.78, 5) is 14.2. The summed E-state index contributed by atoms with van der Waals surface area (Å²) in [5, 5.41) is 21.3. The van der Waals surface area contributed by atoms with Crippen LogP contribution >= 0.6 is 0 Å². The van der Waals surface area contributed by atoms with Gasteiger partial charge in [-0.2, -0.15) is 9.97 Å². The van der Waals surface area contributed by atoms with Crippen molar-refractivity contribution in [3.8, 4) is 28.9 Å². The van der Waals surface area contributed by atoms with Gasteiger partial charge in [-0.05, 0) is 49.0 Å². The highest BCUT2D eigenvalue weighted by Gasteiger charge is 2.37. The van der Waals surface area contributed by atoms with Gasteiger partial charge in [0, 0.05) is 29.2 Å². The number of aromatic hydroxyl groups is 2. The molecule has 1 heterocycles. The lowest BCUT2D eigenvalue weighted by molar-refractivity contribution is 0.191. The Hall–Kier alpha value is -4.19. The Morgan fingerprint density at radius 3 is 2.18 bits per heavy atom. The second kappa shape index (κ2) is 9.28. The Morgan fingerprint density at radius 2 is 1.39 bits per heavy atom. The van der Waals surface area contributed by atoms with Gasteiger partial charge in [-0.3, -0.25) is 0 Å². The average molecular weight is 504 g/mol. The lowest BCUT2D eigenvalue weighted by Crippen LogP contribution is -2.28. The van der Waals surface area contributed by atoms with Crippen LogP contribution in [0, 0.1) is 23.7 Å². The third-order valence-electron chi connectivity index (χ3n) is 8.22. The summed E-state index contributed by atoms with van der Waals surface area (Å²) >= 11 is 0. The van der Waals surface area contributed by atoms with Crippen LogP contribution in [0.3, 0.4) is 0 Å². The molecule has 0 bridgehead atoms. The van der Waals surface area contributed by atoms with Gasteiger partial charge in [0.2, 0.25) is 0 Å². The van der Waals surface area contributed by atoms with E-state index < -0.39 is 0 Å². The molecule has 38 heavy (non-hydrogen) atoms. The normalized spacial score (nSPS) is 27.2. The van der Waals surface area contributed by atoms with Crippen molar-refractivity contribution in [3.05, 3.63) is 102 Å². The van der Waals surface area contributed by atoms with Gasteiger partial charge in [0.25, 0.3) is 0 Å². The maximum absolute atomic E-state index is 10.6. The maximum atomic E-state index is 10.6. The zero-order valence-electron chi connectivity index (χ0n) is 20.9. The highest BCUT2D eigenvalue weighted by Crippen LogP contribution is 2.49. The number of nitrogens with zero attached hydrogens (tertiary/aromatic N) is 3. The van der Waals surface area contributed by atoms with E-state index in [9.17, 15) is 10.2 Å². The fourth-order valence-corrected chi connectivity index (χ4v) is 6.35. The number of allylic oxidation sites excluding steroid dienone is 14. The summed E-state index contributed by atoms with van der Waals surface area (Å²) in [6.07, 6.45) is 28.5. The smallest absolute Gasteiger partial charge is 0.320 e. The topological polar surface area (TPSA) is 88.4 Å². The van der Waals surface area contributed by atoms with E-state index in [0.29, 0.717) is 11.7 Å². The predicted octanol–water partition coefficient (Wildman–Crippen LogP) is 6.25. The molecule has 0 aliphatic heterocycles. The van der Waals surface area contributed by atoms with E-state index >= 15 is 0 Å². The zero-order chi connectivity index (χ0) is 25.6. The molecule has 0 spiro atoms. The van der Waals surface area contributed by atoms with Gasteiger partial charge < -0.3 is 14.9 Å². The monoisotopic (exact) mass is 503 g/mol. The van der Waals surface area contributed by atoms with E-state index in [1.54, 1.807) is 6.07 Å². The average Bonchev–Trinajstić information content (AvgIpc) is 3.45. The van der Waals surface area contributed by atoms with Crippen LogP contribution in [-0.4, -0.2) is 31.3 Å². The van der Waals surface area contributed by atoms with Gasteiger partial charge in [-0.15, -0.1) is 0 Å². The maximum Gasteiger partial charge on any atom is 0.320 e. The van der Waals surface area contributed by atoms with Crippen LogP contribution in [0.2, 0.25) is 0 Å². The van der Waals surface area contributed by atoms with E-state index in [2.05, 4.69) is 71.8 Å². The second-order valence-electron chi connectivity index (χ2n) is 10.5. The summed E-state index contributed by atoms with van der Waals surface area (Å²) in [5.74, 6) is 1.34. The Labute approximate surface area is 221 Å². The first-order valence-corrected chi connectivity index (χ1v) is 13.4. The molecular formula is C32H29N3O3. The SMILES string of the molecule is Oc1cccc(O)c1-c1nc(OC2CCCC2)nc(C2=CC3=C(C=CC4C=CC=CC34)C3C=CC=CC23)n1. The molecule has 0 radical (unpaired) electrons. The van der Waals surface area contributed by atoms with Gasteiger partial charge in [-0.25, -0.2) is 4.98 Å². The number of aromatic nitrogens is 3. The molecule has 1 fully saturated rings. The number of hydrogen-bond acceptors (Lipinski definition) is 6. The van der Waals surface area contributed by atoms with Gasteiger partial charge in [-0.1, -0.05) is 72.9 Å². The molecular weight excluding hydrogens is 474 g/mol. The molecule has 2 aromatic rings. The fraction of sp³-hybridized carbons (Fsp3) is 0.281. The van der Waals surface area contributed by atoms with Crippen molar-refractivity contribution in [1.82, 2.24) is 15.0 Å². The molecule has 7 rings (SSSR count). The number of fused-ring (bicyclic) bond motifs is 4. The minimum atomic E-state index is -0.0886. The summed E-state index contributed by atoms with van der Waals surface area (Å²) < 4.78 is 6.25. The molecule has 0 saturated heterocycles. The Kier molecular flexibility index (Phi) is 5.61. The van der Waals surface area contributed by atoms with Gasteiger partial charge in [0.05, 0.1) is 0 Å². The van der Waals surface area contributed by atoms with Crippen molar-refractivity contribution in [2.75, 3.05) is 0 Å². The molecule has 1 saturated carbocycles. The van der Waals surface area contributed by atoms with Crippen molar-refractivity contribution in [3.63, 3.8) is 0 Å². The standard InChI is InChI=1S/C32H29N3O3/c36-27-14-7-15-28(37)29(27)31-33-30(34-32(35-31)38-20-9-2-3-10-20)26-18-25-21-11-4-1-8-19(21)16-17-24(25)22-12-5-6-13-23(22)26/h1,4-8,11-23,36-37H,2-3,9-10H2. The first kappa shape index (κ1) is 23.0. The molecule has 2 N–H and O–H groups in total. The number of ether oxygens (including phenoxy) is 1. The fourth-order valence-electron chi connectivity index (χ4n) is 6.35. The minimum absolute atomic E-state index is 0.0515. The quantitative estimate of drug-likeness (QED) is 0.513. The highest BCUT2D eigenvalue weighted by molar-refractivity contribution is 5.76. The largest absolute Gasteiger partial charge is 0.507 e. The first-order chi connectivity index (χ1) is 18.7. The van der Waals surface area contributed by atoms with Crippen molar-refractivity contribution in [1.29, 1.82) is 0 Å². The van der Waals surface area contributed by atoms with E-state index in [1.165, 1.54) is 23.3 Å². The summed E-state index contributed by atoms with van der Waals surface area (Å²) in [5.41, 5.74) is 3.78. The van der Waals surface area contributed by atoms with Crippen LogP contribution in [0.15, 0.2) is 96.2 Å². The summed E-state index contributed by atoms with van der Waals surface area (Å²) in [6, 6.07) is 4.87. The number of hydrogen-bond donors (Lipinski definition) is 2. The Morgan fingerprint density at radius 1 is 0.711 bits per heavy atom. The van der Waals surface area contributed by atoms with E-state index in [-0.39, 0.29) is 52.8 Å². The van der Waals surface area contributed by atoms with Crippen molar-refractivity contribution in [2.45, 2.75) is 31.8 Å². The Bertz CT molecular complexity index is 1480. The first-order valence-electron chi connectivity index (χ1n) is 13.4. The predicted molar refractivity (Wildman–Crippen MR) is 146 cm³/mol. The molecule has 1 aromatic heterocycles. The lowest BCUT2D eigenvalue weighted by Gasteiger charge is -2.38. The third kappa shape index (κ3) is 3.92. The van der Waals surface area contributed by atoms with E-state index in [0.717, 1.165) is 31.3 Å². The van der Waals surface area contributed by atoms with Gasteiger partial charge in [0.1, 0.15) is 23.2 Å². The number of phenolic OH excluding ortho intramolecular Hbond substituents is 2. The van der Waals surface area contributed by atoms with E-state index in [4.69, 9.17) is 14.7 Å². The van der Waals surface area contributed by atoms with Crippen LogP contribution in [0.25, 0.3) is 17.0 Å². The molecule has 4 atom stereocenters. The van der Waals surface area contributed by atoms with Crippen molar-refractivity contribution >= 4 is 5.57 Å². The van der Waals surface area contributed by atoms with Gasteiger partial charge in [0.15, 0.2) is 11.6 Å². The summed E-state index contributed by atoms with van der Waals surface area (Å²) in [6.45, 7) is 0. The Balaban J connectivity index is 1.39. The molecule has 190 valence electrons. The summed E-state index contributed by atoms with van der Waals surface area (Å²) in [7, 11) is 0. The molecule has 0 amide bonds. The van der Waals surface area contributed by atoms with Crippen LogP contribution in [0.5, 0.6) is 17.5 Å². The van der Waals surface area contributed by atoms with Gasteiger partial charge >= 0.3 is 6.01 Å². The molecule has 6 nitrogen and oxygen atoms in total. The minimum Gasteiger partial charge on any atom is -0.507 e. The molecule has 5 aliphatic carbocycles. The molecule has 4 unspecified atom stereocenters. The molecule has 1 aromatic carbocycles. The zero-order valence-corrected chi connectivity index (χ0v) is 20.9. The second-order valence-corrected chi connectivity index (χ2v) is 10.5. The third-order valence-corrected chi connectivity index (χ3v) is 8.22. The number of benzene rings is 1. The molecule has 6 heteroatoms. The van der Waals surface area contributed by atoms with Crippen LogP contribution in [0.1, 0.15) is 31.5 Å². The lowest BCUT2D eigenvalue weighted by atomic mass is 9.66. The van der Waals surface area contributed by atoms with Crippen molar-refractivity contribution in [2.24, 2.45) is 23.7 Å². The van der Waals surface area contributed by atoms with Crippen LogP contribution < -0.4 is 4.74 Å². The molecule has 5 aliphatic rings. The van der Waals surface area contributed by atoms with Crippen LogP contribution in [0.4, 0.5) is 0 Å². The van der Waals surface area contributed by atoms with Crippen LogP contribution in [-0.2, 0) is 0 Å². The number of phenols is 2. The number of rotatable bonds is 4.